The molecule has 1 aliphatic rings. The van der Waals surface area contributed by atoms with Crippen LogP contribution in [0.25, 0.3) is 0 Å². The zero-order chi connectivity index (χ0) is 12.9. The van der Waals surface area contributed by atoms with Crippen molar-refractivity contribution < 1.29 is 9.84 Å². The van der Waals surface area contributed by atoms with E-state index in [0.29, 0.717) is 6.04 Å². The van der Waals surface area contributed by atoms with Gasteiger partial charge in [-0.2, -0.15) is 0 Å². The maximum atomic E-state index is 9.19. The molecule has 1 heterocycles. The maximum Gasteiger partial charge on any atom is 0.0609 e. The highest BCUT2D eigenvalue weighted by Gasteiger charge is 2.24. The second-order valence-electron chi connectivity index (χ2n) is 5.86. The standard InChI is InChI=1S/C13H28N2O2/c1-11(8-13(2,14)10-16)15(3)9-12-4-6-17-7-5-12/h11-12,16H,4-10,14H2,1-3H3. The molecule has 1 rings (SSSR count). The monoisotopic (exact) mass is 244 g/mol. The zero-order valence-corrected chi connectivity index (χ0v) is 11.5. The van der Waals surface area contributed by atoms with Gasteiger partial charge in [0.15, 0.2) is 0 Å². The predicted molar refractivity (Wildman–Crippen MR) is 69.9 cm³/mol. The molecule has 2 unspecified atom stereocenters. The van der Waals surface area contributed by atoms with E-state index in [4.69, 9.17) is 10.5 Å². The molecule has 0 aliphatic carbocycles. The Balaban J connectivity index is 2.32. The van der Waals surface area contributed by atoms with Gasteiger partial charge in [-0.25, -0.2) is 0 Å². The molecule has 4 heteroatoms. The van der Waals surface area contributed by atoms with Crippen molar-refractivity contribution in [2.45, 2.75) is 44.7 Å². The first kappa shape index (κ1) is 14.9. The van der Waals surface area contributed by atoms with E-state index < -0.39 is 5.54 Å². The van der Waals surface area contributed by atoms with Gasteiger partial charge in [-0.05, 0) is 46.1 Å². The van der Waals surface area contributed by atoms with Crippen molar-refractivity contribution in [3.63, 3.8) is 0 Å². The summed E-state index contributed by atoms with van der Waals surface area (Å²) in [5.74, 6) is 0.745. The van der Waals surface area contributed by atoms with E-state index in [-0.39, 0.29) is 6.61 Å². The quantitative estimate of drug-likeness (QED) is 0.727. The SMILES string of the molecule is CC(CC(C)(N)CO)N(C)CC1CCOCC1. The van der Waals surface area contributed by atoms with Crippen molar-refractivity contribution in [1.82, 2.24) is 4.90 Å². The molecule has 1 saturated heterocycles. The second kappa shape index (κ2) is 6.69. The topological polar surface area (TPSA) is 58.7 Å². The Hall–Kier alpha value is -0.160. The Morgan fingerprint density at radius 3 is 2.59 bits per heavy atom. The fourth-order valence-corrected chi connectivity index (χ4v) is 2.41. The van der Waals surface area contributed by atoms with E-state index in [0.717, 1.165) is 44.9 Å². The zero-order valence-electron chi connectivity index (χ0n) is 11.5. The van der Waals surface area contributed by atoms with Crippen molar-refractivity contribution in [2.75, 3.05) is 33.4 Å². The number of nitrogens with two attached hydrogens (primary N) is 1. The van der Waals surface area contributed by atoms with Gasteiger partial charge in [0.25, 0.3) is 0 Å². The van der Waals surface area contributed by atoms with Gasteiger partial charge in [0, 0.05) is 31.3 Å². The molecule has 0 radical (unpaired) electrons. The number of hydrogen-bond donors (Lipinski definition) is 2. The summed E-state index contributed by atoms with van der Waals surface area (Å²) in [6, 6.07) is 0.403. The fourth-order valence-electron chi connectivity index (χ4n) is 2.41. The maximum absolute atomic E-state index is 9.19. The lowest BCUT2D eigenvalue weighted by Gasteiger charge is -2.34. The first-order valence-electron chi connectivity index (χ1n) is 6.62. The van der Waals surface area contributed by atoms with Crippen LogP contribution in [0.2, 0.25) is 0 Å². The number of aliphatic hydroxyl groups is 1. The van der Waals surface area contributed by atoms with Crippen LogP contribution in [0.4, 0.5) is 0 Å². The van der Waals surface area contributed by atoms with Gasteiger partial charge in [-0.15, -0.1) is 0 Å². The summed E-state index contributed by atoms with van der Waals surface area (Å²) >= 11 is 0. The first-order chi connectivity index (χ1) is 7.94. The summed E-state index contributed by atoms with van der Waals surface area (Å²) in [6.45, 7) is 7.04. The lowest BCUT2D eigenvalue weighted by molar-refractivity contribution is 0.0482. The number of ether oxygens (including phenoxy) is 1. The highest BCUT2D eigenvalue weighted by molar-refractivity contribution is 4.83. The van der Waals surface area contributed by atoms with Crippen LogP contribution in [0, 0.1) is 5.92 Å². The second-order valence-corrected chi connectivity index (χ2v) is 5.86. The van der Waals surface area contributed by atoms with Gasteiger partial charge >= 0.3 is 0 Å². The average molecular weight is 244 g/mol. The minimum atomic E-state index is -0.469. The third-order valence-electron chi connectivity index (χ3n) is 3.76. The number of nitrogens with zero attached hydrogens (tertiary/aromatic N) is 1. The highest BCUT2D eigenvalue weighted by atomic mass is 16.5. The van der Waals surface area contributed by atoms with Crippen molar-refractivity contribution in [3.8, 4) is 0 Å². The summed E-state index contributed by atoms with van der Waals surface area (Å²) in [5, 5.41) is 9.19. The van der Waals surface area contributed by atoms with Crippen LogP contribution in [0.15, 0.2) is 0 Å². The third-order valence-corrected chi connectivity index (χ3v) is 3.76. The Kier molecular flexibility index (Phi) is 5.86. The smallest absolute Gasteiger partial charge is 0.0609 e. The molecule has 0 aromatic rings. The Bertz CT molecular complexity index is 215. The minimum absolute atomic E-state index is 0.0441. The summed E-state index contributed by atoms with van der Waals surface area (Å²) in [5.41, 5.74) is 5.52. The van der Waals surface area contributed by atoms with E-state index in [2.05, 4.69) is 18.9 Å². The Labute approximate surface area is 105 Å². The Morgan fingerprint density at radius 1 is 1.47 bits per heavy atom. The fraction of sp³-hybridized carbons (Fsp3) is 1.00. The first-order valence-corrected chi connectivity index (χ1v) is 6.62. The van der Waals surface area contributed by atoms with Gasteiger partial charge in [-0.3, -0.25) is 0 Å². The lowest BCUT2D eigenvalue weighted by atomic mass is 9.93. The normalized spacial score (nSPS) is 23.6. The number of rotatable bonds is 6. The van der Waals surface area contributed by atoms with Crippen molar-refractivity contribution in [3.05, 3.63) is 0 Å². The minimum Gasteiger partial charge on any atom is -0.394 e. The molecule has 1 aliphatic heterocycles. The molecular formula is C13H28N2O2. The summed E-state index contributed by atoms with van der Waals surface area (Å²) < 4.78 is 5.37. The molecule has 0 aromatic carbocycles. The molecule has 102 valence electrons. The van der Waals surface area contributed by atoms with E-state index in [9.17, 15) is 5.11 Å². The van der Waals surface area contributed by atoms with Gasteiger partial charge in [0.2, 0.25) is 0 Å². The van der Waals surface area contributed by atoms with Crippen LogP contribution in [-0.4, -0.2) is 55.0 Å². The van der Waals surface area contributed by atoms with Crippen LogP contribution in [-0.2, 0) is 4.74 Å². The molecular weight excluding hydrogens is 216 g/mol. The molecule has 0 saturated carbocycles. The van der Waals surface area contributed by atoms with Gasteiger partial charge in [0.05, 0.1) is 6.61 Å². The molecule has 0 aromatic heterocycles. The van der Waals surface area contributed by atoms with Crippen molar-refractivity contribution in [2.24, 2.45) is 11.7 Å². The van der Waals surface area contributed by atoms with Gasteiger partial charge in [0.1, 0.15) is 0 Å². The van der Waals surface area contributed by atoms with Crippen LogP contribution >= 0.6 is 0 Å². The van der Waals surface area contributed by atoms with Crippen LogP contribution in [0.3, 0.4) is 0 Å². The number of aliphatic hydroxyl groups excluding tert-OH is 1. The molecule has 0 amide bonds. The molecule has 0 bridgehead atoms. The van der Waals surface area contributed by atoms with E-state index in [1.165, 1.54) is 0 Å². The predicted octanol–water partition coefficient (Wildman–Crippen LogP) is 0.833. The van der Waals surface area contributed by atoms with E-state index >= 15 is 0 Å². The molecule has 3 N–H and O–H groups in total. The molecule has 17 heavy (non-hydrogen) atoms. The van der Waals surface area contributed by atoms with E-state index in [1.807, 2.05) is 6.92 Å². The third kappa shape index (κ3) is 5.34. The largest absolute Gasteiger partial charge is 0.394 e. The average Bonchev–Trinajstić information content (AvgIpc) is 2.30. The summed E-state index contributed by atoms with van der Waals surface area (Å²) in [7, 11) is 2.15. The van der Waals surface area contributed by atoms with Crippen molar-refractivity contribution >= 4 is 0 Å². The van der Waals surface area contributed by atoms with Crippen LogP contribution in [0.1, 0.15) is 33.1 Å². The molecule has 4 nitrogen and oxygen atoms in total. The summed E-state index contributed by atoms with van der Waals surface area (Å²) in [4.78, 5) is 2.36. The van der Waals surface area contributed by atoms with E-state index in [1.54, 1.807) is 0 Å². The molecule has 1 fully saturated rings. The van der Waals surface area contributed by atoms with Gasteiger partial charge < -0.3 is 20.5 Å². The Morgan fingerprint density at radius 2 is 2.06 bits per heavy atom. The van der Waals surface area contributed by atoms with Crippen LogP contribution in [0.5, 0.6) is 0 Å². The molecule has 0 spiro atoms. The lowest BCUT2D eigenvalue weighted by Crippen LogP contribution is -2.47. The summed E-state index contributed by atoms with van der Waals surface area (Å²) in [6.07, 6.45) is 3.15. The van der Waals surface area contributed by atoms with Gasteiger partial charge in [-0.1, -0.05) is 0 Å². The highest BCUT2D eigenvalue weighted by Crippen LogP contribution is 2.19. The van der Waals surface area contributed by atoms with Crippen molar-refractivity contribution in [1.29, 1.82) is 0 Å². The van der Waals surface area contributed by atoms with Crippen LogP contribution < -0.4 is 5.73 Å². The molecule has 2 atom stereocenters. The number of hydrogen-bond acceptors (Lipinski definition) is 4.